The molecule has 1 aromatic rings. The minimum Gasteiger partial charge on any atom is -0.394 e. The molecule has 5 atom stereocenters. The molecule has 0 spiro atoms. The number of benzene rings is 1. The van der Waals surface area contributed by atoms with Gasteiger partial charge in [0.05, 0.1) is 11.5 Å². The SMILES string of the molecule is CO[C@H]1O[C@@H](CO)[C@@H](O)[C@@H](O)[C@H]1OS(=O)(=O)c1ccc(C)cc1. The molecule has 1 fully saturated rings. The highest BCUT2D eigenvalue weighted by Gasteiger charge is 2.47. The van der Waals surface area contributed by atoms with Crippen molar-refractivity contribution in [2.75, 3.05) is 13.7 Å². The molecule has 1 aliphatic rings. The summed E-state index contributed by atoms with van der Waals surface area (Å²) in [4.78, 5) is -0.0936. The predicted octanol–water partition coefficient (Wildman–Crippen LogP) is -0.846. The second kappa shape index (κ2) is 7.22. The minimum atomic E-state index is -4.19. The lowest BCUT2D eigenvalue weighted by Gasteiger charge is -2.40. The standard InChI is InChI=1S/C14H20O8S/c1-8-3-5-9(6-4-8)23(18,19)22-13-12(17)11(16)10(7-15)21-14(13)20-2/h3-6,10-17H,7H2,1-2H3/t10-,11+,12+,13+,14-/m0/s1. The average molecular weight is 348 g/mol. The van der Waals surface area contributed by atoms with Crippen LogP contribution in [-0.4, -0.2) is 68.2 Å². The second-order valence-electron chi connectivity index (χ2n) is 5.27. The highest BCUT2D eigenvalue weighted by molar-refractivity contribution is 7.86. The lowest BCUT2D eigenvalue weighted by molar-refractivity contribution is -0.288. The monoisotopic (exact) mass is 348 g/mol. The summed E-state index contributed by atoms with van der Waals surface area (Å²) in [7, 11) is -2.96. The lowest BCUT2D eigenvalue weighted by Crippen LogP contribution is -2.60. The fourth-order valence-electron chi connectivity index (χ4n) is 2.26. The lowest BCUT2D eigenvalue weighted by atomic mass is 9.99. The molecule has 23 heavy (non-hydrogen) atoms. The van der Waals surface area contributed by atoms with Crippen molar-refractivity contribution in [3.8, 4) is 0 Å². The molecule has 0 aliphatic carbocycles. The summed E-state index contributed by atoms with van der Waals surface area (Å²) in [6, 6.07) is 5.95. The largest absolute Gasteiger partial charge is 0.394 e. The summed E-state index contributed by atoms with van der Waals surface area (Å²) in [5.74, 6) is 0. The van der Waals surface area contributed by atoms with Crippen LogP contribution in [0.2, 0.25) is 0 Å². The fourth-order valence-corrected chi connectivity index (χ4v) is 3.33. The third kappa shape index (κ3) is 3.89. The van der Waals surface area contributed by atoms with Crippen LogP contribution in [0.5, 0.6) is 0 Å². The fraction of sp³-hybridized carbons (Fsp3) is 0.571. The predicted molar refractivity (Wildman–Crippen MR) is 78.0 cm³/mol. The second-order valence-corrected chi connectivity index (χ2v) is 6.84. The quantitative estimate of drug-likeness (QED) is 0.589. The van der Waals surface area contributed by atoms with Gasteiger partial charge in [-0.1, -0.05) is 17.7 Å². The number of aryl methyl sites for hydroxylation is 1. The van der Waals surface area contributed by atoms with E-state index >= 15 is 0 Å². The van der Waals surface area contributed by atoms with E-state index in [1.165, 1.54) is 19.2 Å². The van der Waals surface area contributed by atoms with E-state index in [0.29, 0.717) is 0 Å². The molecule has 9 heteroatoms. The van der Waals surface area contributed by atoms with Crippen molar-refractivity contribution in [3.05, 3.63) is 29.8 Å². The van der Waals surface area contributed by atoms with Crippen LogP contribution in [0.3, 0.4) is 0 Å². The summed E-state index contributed by atoms with van der Waals surface area (Å²) in [5, 5.41) is 29.0. The molecule has 0 aromatic heterocycles. The topological polar surface area (TPSA) is 123 Å². The molecule has 0 radical (unpaired) electrons. The Morgan fingerprint density at radius 3 is 2.30 bits per heavy atom. The van der Waals surface area contributed by atoms with Crippen LogP contribution in [0.4, 0.5) is 0 Å². The van der Waals surface area contributed by atoms with Crippen molar-refractivity contribution in [2.24, 2.45) is 0 Å². The summed E-state index contributed by atoms with van der Waals surface area (Å²) in [6.07, 6.45) is -6.94. The summed E-state index contributed by atoms with van der Waals surface area (Å²) in [6.45, 7) is 1.25. The molecule has 1 heterocycles. The van der Waals surface area contributed by atoms with Crippen LogP contribution < -0.4 is 0 Å². The highest BCUT2D eigenvalue weighted by Crippen LogP contribution is 2.27. The van der Waals surface area contributed by atoms with Crippen molar-refractivity contribution in [3.63, 3.8) is 0 Å². The van der Waals surface area contributed by atoms with Crippen LogP contribution in [0.25, 0.3) is 0 Å². The molecule has 0 saturated carbocycles. The molecule has 0 bridgehead atoms. The molecular formula is C14H20O8S. The first-order valence-electron chi connectivity index (χ1n) is 6.95. The first-order chi connectivity index (χ1) is 10.8. The van der Waals surface area contributed by atoms with Gasteiger partial charge in [0, 0.05) is 7.11 Å². The van der Waals surface area contributed by atoms with Gasteiger partial charge in [-0.2, -0.15) is 8.42 Å². The molecule has 2 rings (SSSR count). The van der Waals surface area contributed by atoms with E-state index < -0.39 is 47.4 Å². The van der Waals surface area contributed by atoms with Gasteiger partial charge in [-0.05, 0) is 19.1 Å². The number of aliphatic hydroxyl groups excluding tert-OH is 3. The van der Waals surface area contributed by atoms with E-state index in [1.807, 2.05) is 6.92 Å². The van der Waals surface area contributed by atoms with Gasteiger partial charge in [0.2, 0.25) is 0 Å². The zero-order chi connectivity index (χ0) is 17.2. The Balaban J connectivity index is 2.24. The van der Waals surface area contributed by atoms with E-state index in [2.05, 4.69) is 0 Å². The summed E-state index contributed by atoms with van der Waals surface area (Å²) in [5.41, 5.74) is 0.876. The molecule has 8 nitrogen and oxygen atoms in total. The zero-order valence-electron chi connectivity index (χ0n) is 12.7. The Labute approximate surface area is 134 Å². The van der Waals surface area contributed by atoms with E-state index in [-0.39, 0.29) is 4.90 Å². The maximum absolute atomic E-state index is 12.3. The van der Waals surface area contributed by atoms with E-state index in [4.69, 9.17) is 18.8 Å². The van der Waals surface area contributed by atoms with Gasteiger partial charge in [-0.15, -0.1) is 0 Å². The van der Waals surface area contributed by atoms with E-state index in [9.17, 15) is 18.6 Å². The molecule has 130 valence electrons. The van der Waals surface area contributed by atoms with Crippen LogP contribution in [-0.2, 0) is 23.8 Å². The average Bonchev–Trinajstić information content (AvgIpc) is 2.52. The minimum absolute atomic E-state index is 0.0936. The van der Waals surface area contributed by atoms with Gasteiger partial charge < -0.3 is 24.8 Å². The van der Waals surface area contributed by atoms with Crippen LogP contribution in [0, 0.1) is 6.92 Å². The van der Waals surface area contributed by atoms with Gasteiger partial charge in [-0.3, -0.25) is 4.18 Å². The number of aliphatic hydroxyl groups is 3. The van der Waals surface area contributed by atoms with Gasteiger partial charge in [0.15, 0.2) is 12.4 Å². The van der Waals surface area contributed by atoms with E-state index in [0.717, 1.165) is 5.56 Å². The van der Waals surface area contributed by atoms with Crippen LogP contribution in [0.15, 0.2) is 29.2 Å². The van der Waals surface area contributed by atoms with Gasteiger partial charge in [-0.25, -0.2) is 0 Å². The number of methoxy groups -OCH3 is 1. The third-order valence-electron chi connectivity index (χ3n) is 3.60. The summed E-state index contributed by atoms with van der Waals surface area (Å²) < 4.78 is 39.8. The molecular weight excluding hydrogens is 328 g/mol. The van der Waals surface area contributed by atoms with Crippen molar-refractivity contribution >= 4 is 10.1 Å². The molecule has 1 aliphatic heterocycles. The van der Waals surface area contributed by atoms with Crippen molar-refractivity contribution in [1.29, 1.82) is 0 Å². The zero-order valence-corrected chi connectivity index (χ0v) is 13.5. The first-order valence-corrected chi connectivity index (χ1v) is 8.36. The number of ether oxygens (including phenoxy) is 2. The molecule has 1 saturated heterocycles. The number of rotatable bonds is 5. The van der Waals surface area contributed by atoms with Crippen LogP contribution >= 0.6 is 0 Å². The maximum Gasteiger partial charge on any atom is 0.297 e. The normalized spacial score (nSPS) is 32.0. The Kier molecular flexibility index (Phi) is 5.74. The maximum atomic E-state index is 12.3. The van der Waals surface area contributed by atoms with Crippen LogP contribution in [0.1, 0.15) is 5.56 Å². The third-order valence-corrected chi connectivity index (χ3v) is 4.93. The van der Waals surface area contributed by atoms with E-state index in [1.54, 1.807) is 12.1 Å². The number of hydrogen-bond acceptors (Lipinski definition) is 8. The molecule has 1 aromatic carbocycles. The smallest absolute Gasteiger partial charge is 0.297 e. The Hall–Kier alpha value is -1.07. The number of hydrogen-bond donors (Lipinski definition) is 3. The van der Waals surface area contributed by atoms with Crippen molar-refractivity contribution in [1.82, 2.24) is 0 Å². The Morgan fingerprint density at radius 2 is 1.78 bits per heavy atom. The molecule has 3 N–H and O–H groups in total. The Morgan fingerprint density at radius 1 is 1.17 bits per heavy atom. The Bertz CT molecular complexity index is 612. The van der Waals surface area contributed by atoms with Crippen molar-refractivity contribution in [2.45, 2.75) is 42.5 Å². The van der Waals surface area contributed by atoms with Gasteiger partial charge in [0.1, 0.15) is 18.3 Å². The summed E-state index contributed by atoms with van der Waals surface area (Å²) >= 11 is 0. The first kappa shape index (κ1) is 18.3. The van der Waals surface area contributed by atoms with Crippen molar-refractivity contribution < 1.29 is 37.4 Å². The molecule has 0 amide bonds. The molecule has 0 unspecified atom stereocenters. The van der Waals surface area contributed by atoms with Gasteiger partial charge >= 0.3 is 0 Å². The van der Waals surface area contributed by atoms with Gasteiger partial charge in [0.25, 0.3) is 10.1 Å². The highest BCUT2D eigenvalue weighted by atomic mass is 32.2.